The molecule has 0 aliphatic carbocycles. The molecular weight excluding hydrogens is 333 g/mol. The molecule has 0 amide bonds. The van der Waals surface area contributed by atoms with Crippen LogP contribution in [0.3, 0.4) is 0 Å². The highest BCUT2D eigenvalue weighted by Gasteiger charge is 2.13. The van der Waals surface area contributed by atoms with Crippen molar-refractivity contribution in [3.63, 3.8) is 0 Å². The molecule has 1 aromatic heterocycles. The summed E-state index contributed by atoms with van der Waals surface area (Å²) in [6, 6.07) is 7.28. The molecule has 0 aliphatic heterocycles. The maximum Gasteiger partial charge on any atom is 0.194 e. The van der Waals surface area contributed by atoms with Crippen molar-refractivity contribution in [2.45, 2.75) is 6.92 Å². The van der Waals surface area contributed by atoms with Crippen LogP contribution in [0.2, 0.25) is 0 Å². The SMILES string of the molecule is Cc1cc(N)ccc1C(=O)c1csc(I)c1. The van der Waals surface area contributed by atoms with Crippen molar-refractivity contribution in [2.24, 2.45) is 0 Å². The molecule has 0 unspecified atom stereocenters. The van der Waals surface area contributed by atoms with Crippen LogP contribution in [0.15, 0.2) is 29.6 Å². The van der Waals surface area contributed by atoms with Crippen molar-refractivity contribution in [3.05, 3.63) is 49.2 Å². The predicted octanol–water partition coefficient (Wildman–Crippen LogP) is 3.47. The van der Waals surface area contributed by atoms with Crippen molar-refractivity contribution >= 4 is 45.4 Å². The number of carbonyl (C=O) groups excluding carboxylic acids is 1. The summed E-state index contributed by atoms with van der Waals surface area (Å²) in [6.07, 6.45) is 0. The number of benzene rings is 1. The quantitative estimate of drug-likeness (QED) is 0.515. The minimum Gasteiger partial charge on any atom is -0.399 e. The van der Waals surface area contributed by atoms with Gasteiger partial charge in [0.1, 0.15) is 0 Å². The number of nitrogen functional groups attached to an aromatic ring is 1. The summed E-state index contributed by atoms with van der Waals surface area (Å²) < 4.78 is 1.12. The van der Waals surface area contributed by atoms with E-state index in [1.54, 1.807) is 23.5 Å². The molecule has 1 heterocycles. The maximum atomic E-state index is 12.2. The Bertz CT molecular complexity index is 548. The van der Waals surface area contributed by atoms with Crippen molar-refractivity contribution < 1.29 is 4.79 Å². The lowest BCUT2D eigenvalue weighted by Crippen LogP contribution is -2.02. The molecule has 1 aromatic carbocycles. The Balaban J connectivity index is 2.41. The first-order chi connectivity index (χ1) is 7.58. The first kappa shape index (κ1) is 11.6. The molecule has 0 radical (unpaired) electrons. The van der Waals surface area contributed by atoms with E-state index in [2.05, 4.69) is 22.6 Å². The minimum atomic E-state index is 0.0664. The van der Waals surface area contributed by atoms with Gasteiger partial charge in [0.15, 0.2) is 5.78 Å². The van der Waals surface area contributed by atoms with Crippen LogP contribution in [0.25, 0.3) is 0 Å². The van der Waals surface area contributed by atoms with Crippen molar-refractivity contribution in [2.75, 3.05) is 5.73 Å². The molecule has 82 valence electrons. The molecule has 0 saturated heterocycles. The van der Waals surface area contributed by atoms with Gasteiger partial charge in [-0.05, 0) is 59.3 Å². The summed E-state index contributed by atoms with van der Waals surface area (Å²) in [4.78, 5) is 12.2. The average molecular weight is 343 g/mol. The van der Waals surface area contributed by atoms with Crippen LogP contribution in [0.4, 0.5) is 5.69 Å². The van der Waals surface area contributed by atoms with Gasteiger partial charge < -0.3 is 5.73 Å². The van der Waals surface area contributed by atoms with Gasteiger partial charge in [-0.1, -0.05) is 0 Å². The van der Waals surface area contributed by atoms with Gasteiger partial charge in [0.05, 0.1) is 2.88 Å². The topological polar surface area (TPSA) is 43.1 Å². The zero-order valence-corrected chi connectivity index (χ0v) is 11.6. The molecular formula is C12H10INOS. The number of anilines is 1. The van der Waals surface area contributed by atoms with Crippen molar-refractivity contribution in [1.29, 1.82) is 0 Å². The predicted molar refractivity (Wildman–Crippen MR) is 76.1 cm³/mol. The lowest BCUT2D eigenvalue weighted by molar-refractivity contribution is 0.103. The van der Waals surface area contributed by atoms with E-state index in [-0.39, 0.29) is 5.78 Å². The van der Waals surface area contributed by atoms with Gasteiger partial charge >= 0.3 is 0 Å². The number of halogens is 1. The van der Waals surface area contributed by atoms with Gasteiger partial charge in [-0.2, -0.15) is 0 Å². The summed E-state index contributed by atoms with van der Waals surface area (Å²) in [5, 5.41) is 1.89. The Morgan fingerprint density at radius 2 is 2.12 bits per heavy atom. The lowest BCUT2D eigenvalue weighted by Gasteiger charge is -2.04. The molecule has 2 aromatic rings. The normalized spacial score (nSPS) is 10.4. The number of rotatable bonds is 2. The smallest absolute Gasteiger partial charge is 0.194 e. The molecule has 2 nitrogen and oxygen atoms in total. The van der Waals surface area contributed by atoms with E-state index in [0.29, 0.717) is 5.69 Å². The van der Waals surface area contributed by atoms with E-state index >= 15 is 0 Å². The number of aryl methyl sites for hydroxylation is 1. The lowest BCUT2D eigenvalue weighted by atomic mass is 10.0. The largest absolute Gasteiger partial charge is 0.399 e. The fourth-order valence-electron chi connectivity index (χ4n) is 1.53. The Morgan fingerprint density at radius 1 is 1.38 bits per heavy atom. The Hall–Kier alpha value is -0.880. The number of hydrogen-bond donors (Lipinski definition) is 1. The van der Waals surface area contributed by atoms with Gasteiger partial charge in [0, 0.05) is 22.2 Å². The zero-order valence-electron chi connectivity index (χ0n) is 8.66. The van der Waals surface area contributed by atoms with Crippen LogP contribution < -0.4 is 5.73 Å². The van der Waals surface area contributed by atoms with E-state index in [1.165, 1.54) is 0 Å². The fourth-order valence-corrected chi connectivity index (χ4v) is 2.85. The van der Waals surface area contributed by atoms with Gasteiger partial charge in [0.2, 0.25) is 0 Å². The van der Waals surface area contributed by atoms with E-state index in [0.717, 1.165) is 19.6 Å². The van der Waals surface area contributed by atoms with Crippen molar-refractivity contribution in [3.8, 4) is 0 Å². The first-order valence-corrected chi connectivity index (χ1v) is 6.68. The van der Waals surface area contributed by atoms with E-state index < -0.39 is 0 Å². The molecule has 0 fully saturated rings. The molecule has 2 rings (SSSR count). The number of thiophene rings is 1. The summed E-state index contributed by atoms with van der Waals surface area (Å²) in [6.45, 7) is 1.90. The highest BCUT2D eigenvalue weighted by molar-refractivity contribution is 14.1. The molecule has 0 saturated carbocycles. The second-order valence-corrected chi connectivity index (χ2v) is 6.35. The standard InChI is InChI=1S/C12H10INOS/c1-7-4-9(14)2-3-10(7)12(15)8-5-11(13)16-6-8/h2-6H,14H2,1H3. The van der Waals surface area contributed by atoms with Crippen LogP contribution >= 0.6 is 33.9 Å². The third kappa shape index (κ3) is 2.27. The van der Waals surface area contributed by atoms with E-state index in [4.69, 9.17) is 5.73 Å². The maximum absolute atomic E-state index is 12.2. The van der Waals surface area contributed by atoms with Crippen LogP contribution in [0.1, 0.15) is 21.5 Å². The van der Waals surface area contributed by atoms with Crippen molar-refractivity contribution in [1.82, 2.24) is 0 Å². The van der Waals surface area contributed by atoms with Crippen LogP contribution in [0, 0.1) is 9.81 Å². The average Bonchev–Trinajstić information content (AvgIpc) is 2.64. The Morgan fingerprint density at radius 3 is 2.69 bits per heavy atom. The number of carbonyl (C=O) groups is 1. The molecule has 4 heteroatoms. The van der Waals surface area contributed by atoms with E-state index in [1.807, 2.05) is 24.4 Å². The van der Waals surface area contributed by atoms with Crippen LogP contribution in [0.5, 0.6) is 0 Å². The van der Waals surface area contributed by atoms with E-state index in [9.17, 15) is 4.79 Å². The highest BCUT2D eigenvalue weighted by atomic mass is 127. The summed E-state index contributed by atoms with van der Waals surface area (Å²) >= 11 is 3.79. The van der Waals surface area contributed by atoms with Gasteiger partial charge in [-0.3, -0.25) is 4.79 Å². The van der Waals surface area contributed by atoms with Gasteiger partial charge in [0.25, 0.3) is 0 Å². The van der Waals surface area contributed by atoms with Gasteiger partial charge in [-0.25, -0.2) is 0 Å². The molecule has 0 spiro atoms. The molecule has 0 atom stereocenters. The Labute approximate surface area is 112 Å². The van der Waals surface area contributed by atoms with Gasteiger partial charge in [-0.15, -0.1) is 11.3 Å². The number of nitrogens with two attached hydrogens (primary N) is 1. The summed E-state index contributed by atoms with van der Waals surface area (Å²) in [5.41, 5.74) is 8.75. The molecule has 16 heavy (non-hydrogen) atoms. The third-order valence-corrected chi connectivity index (χ3v) is 4.11. The highest BCUT2D eigenvalue weighted by Crippen LogP contribution is 2.22. The second-order valence-electron chi connectivity index (χ2n) is 3.54. The third-order valence-electron chi connectivity index (χ3n) is 2.32. The number of ketones is 1. The molecule has 0 bridgehead atoms. The summed E-state index contributed by atoms with van der Waals surface area (Å²) in [7, 11) is 0. The minimum absolute atomic E-state index is 0.0664. The van der Waals surface area contributed by atoms with Crippen LogP contribution in [-0.2, 0) is 0 Å². The zero-order chi connectivity index (χ0) is 11.7. The Kier molecular flexibility index (Phi) is 3.30. The fraction of sp³-hybridized carbons (Fsp3) is 0.0833. The molecule has 2 N–H and O–H groups in total. The number of hydrogen-bond acceptors (Lipinski definition) is 3. The summed E-state index contributed by atoms with van der Waals surface area (Å²) in [5.74, 6) is 0.0664. The second kappa shape index (κ2) is 4.55. The first-order valence-electron chi connectivity index (χ1n) is 4.73. The molecule has 0 aliphatic rings. The van der Waals surface area contributed by atoms with Crippen LogP contribution in [-0.4, -0.2) is 5.78 Å². The monoisotopic (exact) mass is 343 g/mol.